The molecular formula is C22H25Cl2N3O4. The van der Waals surface area contributed by atoms with Gasteiger partial charge in [0.05, 0.1) is 35.4 Å². The van der Waals surface area contributed by atoms with Gasteiger partial charge >= 0.3 is 12.0 Å². The summed E-state index contributed by atoms with van der Waals surface area (Å²) < 4.78 is 10.5. The van der Waals surface area contributed by atoms with Gasteiger partial charge in [0.15, 0.2) is 0 Å². The number of carbonyl (C=O) groups is 2. The van der Waals surface area contributed by atoms with E-state index in [1.54, 1.807) is 24.3 Å². The molecule has 0 radical (unpaired) electrons. The quantitative estimate of drug-likeness (QED) is 0.611. The maximum absolute atomic E-state index is 12.2. The highest BCUT2D eigenvalue weighted by Gasteiger charge is 2.21. The Hall–Kier alpha value is -2.32. The van der Waals surface area contributed by atoms with Crippen molar-refractivity contribution in [3.05, 3.63) is 69.2 Å². The Labute approximate surface area is 191 Å². The molecular weight excluding hydrogens is 441 g/mol. The summed E-state index contributed by atoms with van der Waals surface area (Å²) in [5.74, 6) is -0.411. The number of methoxy groups -OCH3 is 1. The van der Waals surface area contributed by atoms with Crippen molar-refractivity contribution in [3.63, 3.8) is 0 Å². The van der Waals surface area contributed by atoms with Crippen molar-refractivity contribution in [2.24, 2.45) is 0 Å². The topological polar surface area (TPSA) is 79.9 Å². The second-order valence-corrected chi connectivity index (χ2v) is 8.05. The van der Waals surface area contributed by atoms with Crippen molar-refractivity contribution in [1.82, 2.24) is 15.5 Å². The van der Waals surface area contributed by atoms with Gasteiger partial charge in [-0.15, -0.1) is 0 Å². The van der Waals surface area contributed by atoms with Crippen LogP contribution in [0.25, 0.3) is 0 Å². The summed E-state index contributed by atoms with van der Waals surface area (Å²) in [6.45, 7) is 3.52. The van der Waals surface area contributed by atoms with Gasteiger partial charge in [-0.3, -0.25) is 4.90 Å². The van der Waals surface area contributed by atoms with E-state index in [1.165, 1.54) is 7.11 Å². The molecule has 1 aliphatic rings. The van der Waals surface area contributed by atoms with E-state index in [-0.39, 0.29) is 12.1 Å². The summed E-state index contributed by atoms with van der Waals surface area (Å²) in [4.78, 5) is 26.0. The molecule has 1 fully saturated rings. The predicted octanol–water partition coefficient (Wildman–Crippen LogP) is 3.48. The number of halogens is 2. The number of nitrogens with zero attached hydrogens (tertiary/aromatic N) is 1. The van der Waals surface area contributed by atoms with Crippen LogP contribution in [-0.2, 0) is 22.6 Å². The molecule has 1 heterocycles. The third-order valence-electron chi connectivity index (χ3n) is 4.90. The Bertz CT molecular complexity index is 925. The van der Waals surface area contributed by atoms with Crippen LogP contribution >= 0.6 is 23.2 Å². The molecule has 2 N–H and O–H groups in total. The Morgan fingerprint density at radius 3 is 2.74 bits per heavy atom. The number of urea groups is 1. The van der Waals surface area contributed by atoms with Crippen LogP contribution < -0.4 is 10.6 Å². The molecule has 2 aromatic rings. The van der Waals surface area contributed by atoms with Crippen molar-refractivity contribution in [3.8, 4) is 0 Å². The number of benzene rings is 2. The first-order chi connectivity index (χ1) is 14.9. The first-order valence-electron chi connectivity index (χ1n) is 9.91. The molecule has 31 heavy (non-hydrogen) atoms. The third-order valence-corrected chi connectivity index (χ3v) is 5.64. The minimum atomic E-state index is -0.411. The maximum atomic E-state index is 12.2. The molecule has 166 valence electrons. The predicted molar refractivity (Wildman–Crippen MR) is 119 cm³/mol. The summed E-state index contributed by atoms with van der Waals surface area (Å²) in [5, 5.41) is 6.71. The van der Waals surface area contributed by atoms with E-state index < -0.39 is 5.97 Å². The highest BCUT2D eigenvalue weighted by atomic mass is 35.5. The van der Waals surface area contributed by atoms with Gasteiger partial charge in [0.25, 0.3) is 0 Å². The molecule has 1 atom stereocenters. The summed E-state index contributed by atoms with van der Waals surface area (Å²) >= 11 is 12.1. The number of ether oxygens (including phenoxy) is 2. The molecule has 0 spiro atoms. The molecule has 3 rings (SSSR count). The summed E-state index contributed by atoms with van der Waals surface area (Å²) in [6, 6.07) is 12.3. The molecule has 2 amide bonds. The van der Waals surface area contributed by atoms with Gasteiger partial charge in [-0.1, -0.05) is 41.4 Å². The molecule has 7 nitrogen and oxygen atoms in total. The fraction of sp³-hybridized carbons (Fsp3) is 0.364. The van der Waals surface area contributed by atoms with Gasteiger partial charge in [0.2, 0.25) is 0 Å². The lowest BCUT2D eigenvalue weighted by molar-refractivity contribution is -0.0287. The molecule has 0 aromatic heterocycles. The number of nitrogens with one attached hydrogen (secondary N) is 2. The van der Waals surface area contributed by atoms with E-state index in [1.807, 2.05) is 18.2 Å². The molecule has 1 aliphatic heterocycles. The standard InChI is InChI=1S/C22H25Cl2N3O4/c1-30-21(28)17-4-2-3-15(9-17)11-25-22(29)26-12-18-14-27(7-8-31-18)13-16-5-6-19(23)20(24)10-16/h2-6,9-10,18H,7-8,11-14H2,1H3,(H2,25,26,29)/t18-/m0/s1. The first kappa shape index (κ1) is 23.3. The Morgan fingerprint density at radius 2 is 1.97 bits per heavy atom. The minimum absolute atomic E-state index is 0.107. The number of esters is 1. The number of amides is 2. The van der Waals surface area contributed by atoms with Crippen LogP contribution in [0.2, 0.25) is 10.0 Å². The summed E-state index contributed by atoms with van der Waals surface area (Å²) in [7, 11) is 1.33. The van der Waals surface area contributed by atoms with Gasteiger partial charge in [-0.25, -0.2) is 9.59 Å². The number of hydrogen-bond donors (Lipinski definition) is 2. The summed E-state index contributed by atoms with van der Waals surface area (Å²) in [6.07, 6.45) is -0.107. The molecule has 0 saturated carbocycles. The van der Waals surface area contributed by atoms with Crippen LogP contribution in [0.1, 0.15) is 21.5 Å². The molecule has 1 saturated heterocycles. The smallest absolute Gasteiger partial charge is 0.337 e. The van der Waals surface area contributed by atoms with Gasteiger partial charge in [0.1, 0.15) is 0 Å². The number of rotatable bonds is 7. The van der Waals surface area contributed by atoms with Gasteiger partial charge in [0, 0.05) is 32.7 Å². The van der Waals surface area contributed by atoms with E-state index >= 15 is 0 Å². The zero-order valence-corrected chi connectivity index (χ0v) is 18.7. The lowest BCUT2D eigenvalue weighted by Crippen LogP contribution is -2.48. The van der Waals surface area contributed by atoms with E-state index in [4.69, 9.17) is 32.7 Å². The normalized spacial score (nSPS) is 16.5. The van der Waals surface area contributed by atoms with Crippen LogP contribution in [0, 0.1) is 0 Å². The summed E-state index contributed by atoms with van der Waals surface area (Å²) in [5.41, 5.74) is 2.33. The van der Waals surface area contributed by atoms with Crippen LogP contribution in [0.5, 0.6) is 0 Å². The highest BCUT2D eigenvalue weighted by molar-refractivity contribution is 6.42. The number of morpholine rings is 1. The monoisotopic (exact) mass is 465 g/mol. The van der Waals surface area contributed by atoms with Crippen LogP contribution in [0.15, 0.2) is 42.5 Å². The maximum Gasteiger partial charge on any atom is 0.337 e. The first-order valence-corrected chi connectivity index (χ1v) is 10.7. The van der Waals surface area contributed by atoms with Crippen molar-refractivity contribution in [1.29, 1.82) is 0 Å². The molecule has 9 heteroatoms. The second kappa shape index (κ2) is 11.3. The highest BCUT2D eigenvalue weighted by Crippen LogP contribution is 2.23. The zero-order valence-electron chi connectivity index (χ0n) is 17.2. The largest absolute Gasteiger partial charge is 0.465 e. The SMILES string of the molecule is COC(=O)c1cccc(CNC(=O)NC[C@H]2CN(Cc3ccc(Cl)c(Cl)c3)CCO2)c1. The second-order valence-electron chi connectivity index (χ2n) is 7.23. The molecule has 0 unspecified atom stereocenters. The van der Waals surface area contributed by atoms with Crippen molar-refractivity contribution < 1.29 is 19.1 Å². The van der Waals surface area contributed by atoms with Gasteiger partial charge in [-0.2, -0.15) is 0 Å². The van der Waals surface area contributed by atoms with E-state index in [2.05, 4.69) is 15.5 Å². The number of carbonyl (C=O) groups excluding carboxylic acids is 2. The number of hydrogen-bond acceptors (Lipinski definition) is 5. The molecule has 0 aliphatic carbocycles. The van der Waals surface area contributed by atoms with Crippen molar-refractivity contribution in [2.75, 3.05) is 33.4 Å². The van der Waals surface area contributed by atoms with E-state index in [0.717, 1.165) is 24.2 Å². The lowest BCUT2D eigenvalue weighted by atomic mass is 10.1. The Kier molecular flexibility index (Phi) is 8.54. The van der Waals surface area contributed by atoms with Crippen LogP contribution in [0.3, 0.4) is 0 Å². The fourth-order valence-electron chi connectivity index (χ4n) is 3.32. The van der Waals surface area contributed by atoms with Crippen LogP contribution in [-0.4, -0.2) is 56.4 Å². The molecule has 0 bridgehead atoms. The Morgan fingerprint density at radius 1 is 1.13 bits per heavy atom. The molecule has 2 aromatic carbocycles. The van der Waals surface area contributed by atoms with Gasteiger partial charge < -0.3 is 20.1 Å². The van der Waals surface area contributed by atoms with Crippen LogP contribution in [0.4, 0.5) is 4.79 Å². The van der Waals surface area contributed by atoms with Gasteiger partial charge in [-0.05, 0) is 35.4 Å². The average molecular weight is 466 g/mol. The fourth-order valence-corrected chi connectivity index (χ4v) is 3.64. The van der Waals surface area contributed by atoms with E-state index in [9.17, 15) is 9.59 Å². The van der Waals surface area contributed by atoms with Crippen molar-refractivity contribution in [2.45, 2.75) is 19.2 Å². The average Bonchev–Trinajstić information content (AvgIpc) is 2.78. The Balaban J connectivity index is 1.42. The third kappa shape index (κ3) is 7.11. The lowest BCUT2D eigenvalue weighted by Gasteiger charge is -2.33. The zero-order chi connectivity index (χ0) is 22.2. The van der Waals surface area contributed by atoms with Crippen molar-refractivity contribution >= 4 is 35.2 Å². The minimum Gasteiger partial charge on any atom is -0.465 e. The van der Waals surface area contributed by atoms with E-state index in [0.29, 0.717) is 41.8 Å².